The number of alkyl halides is 3. The Kier molecular flexibility index (Phi) is 5.35. The molecule has 2 bridgehead atoms. The van der Waals surface area contributed by atoms with Crippen LogP contribution in [0, 0.1) is 17.7 Å². The van der Waals surface area contributed by atoms with Crippen LogP contribution in [0.3, 0.4) is 0 Å². The maximum absolute atomic E-state index is 16.1. The SMILES string of the molecule is Oc1cc(-c2ncc3c(N4CC5CCC(C5)C4)nc(OCC(F)(F)F)nc3c2F)c2ccccc2c1. The summed E-state index contributed by atoms with van der Waals surface area (Å²) in [4.78, 5) is 14.7. The second-order valence-corrected chi connectivity index (χ2v) is 9.58. The van der Waals surface area contributed by atoms with Crippen LogP contribution in [-0.4, -0.2) is 45.9 Å². The van der Waals surface area contributed by atoms with E-state index in [1.54, 1.807) is 30.3 Å². The maximum Gasteiger partial charge on any atom is 0.422 e. The second-order valence-electron chi connectivity index (χ2n) is 9.58. The number of pyridine rings is 1. The fourth-order valence-corrected chi connectivity index (χ4v) is 5.53. The van der Waals surface area contributed by atoms with Crippen molar-refractivity contribution in [2.75, 3.05) is 24.6 Å². The molecule has 0 amide bonds. The Morgan fingerprint density at radius 1 is 1.03 bits per heavy atom. The summed E-state index contributed by atoms with van der Waals surface area (Å²) in [5, 5.41) is 11.9. The van der Waals surface area contributed by atoms with E-state index in [1.807, 2.05) is 4.90 Å². The molecule has 1 saturated carbocycles. The zero-order valence-corrected chi connectivity index (χ0v) is 19.1. The molecule has 36 heavy (non-hydrogen) atoms. The van der Waals surface area contributed by atoms with Crippen LogP contribution in [0.25, 0.3) is 32.9 Å². The van der Waals surface area contributed by atoms with E-state index in [4.69, 9.17) is 4.74 Å². The minimum absolute atomic E-state index is 0.0636. The van der Waals surface area contributed by atoms with Gasteiger partial charge >= 0.3 is 12.2 Å². The number of benzene rings is 2. The smallest absolute Gasteiger partial charge is 0.422 e. The standard InChI is InChI=1S/C26H22F4N4O2/c27-21-22(19-9-17(35)8-16-3-1-2-4-18(16)19)31-10-20-23(21)32-25(36-13-26(28,29)30)33-24(20)34-11-14-5-6-15(7-14)12-34/h1-4,8-10,14-15,35H,5-7,11-13H2. The number of rotatable bonds is 4. The Morgan fingerprint density at radius 3 is 2.53 bits per heavy atom. The normalized spacial score (nSPS) is 19.8. The molecule has 2 aromatic heterocycles. The number of ether oxygens (including phenoxy) is 1. The van der Waals surface area contributed by atoms with Crippen molar-refractivity contribution in [2.45, 2.75) is 25.4 Å². The molecular weight excluding hydrogens is 476 g/mol. The summed E-state index contributed by atoms with van der Waals surface area (Å²) < 4.78 is 59.5. The Bertz CT molecular complexity index is 1460. The third-order valence-electron chi connectivity index (χ3n) is 7.02. The third kappa shape index (κ3) is 4.14. The van der Waals surface area contributed by atoms with Crippen molar-refractivity contribution in [1.29, 1.82) is 0 Å². The van der Waals surface area contributed by atoms with Crippen LogP contribution < -0.4 is 9.64 Å². The quantitative estimate of drug-likeness (QED) is 0.355. The van der Waals surface area contributed by atoms with E-state index in [0.717, 1.165) is 19.3 Å². The van der Waals surface area contributed by atoms with Crippen molar-refractivity contribution in [3.05, 3.63) is 48.4 Å². The molecule has 10 heteroatoms. The summed E-state index contributed by atoms with van der Waals surface area (Å²) in [5.74, 6) is 0.371. The topological polar surface area (TPSA) is 71.4 Å². The lowest BCUT2D eigenvalue weighted by Crippen LogP contribution is -2.37. The van der Waals surface area contributed by atoms with Gasteiger partial charge in [0.15, 0.2) is 12.4 Å². The van der Waals surface area contributed by atoms with Crippen molar-refractivity contribution >= 4 is 27.5 Å². The van der Waals surface area contributed by atoms with E-state index in [2.05, 4.69) is 15.0 Å². The largest absolute Gasteiger partial charge is 0.508 e. The minimum atomic E-state index is -4.59. The van der Waals surface area contributed by atoms with Gasteiger partial charge in [0, 0.05) is 24.8 Å². The summed E-state index contributed by atoms with van der Waals surface area (Å²) in [6, 6.07) is 9.58. The molecule has 186 valence electrons. The highest BCUT2D eigenvalue weighted by molar-refractivity contribution is 5.99. The molecule has 6 nitrogen and oxygen atoms in total. The number of piperidine rings is 1. The molecule has 4 aromatic rings. The summed E-state index contributed by atoms with van der Waals surface area (Å²) in [6.45, 7) is -0.219. The third-order valence-corrected chi connectivity index (χ3v) is 7.02. The highest BCUT2D eigenvalue weighted by Crippen LogP contribution is 2.41. The van der Waals surface area contributed by atoms with Gasteiger partial charge in [-0.25, -0.2) is 4.39 Å². The van der Waals surface area contributed by atoms with E-state index < -0.39 is 24.6 Å². The first-order valence-electron chi connectivity index (χ1n) is 11.8. The number of halogens is 4. The number of aromatic hydroxyl groups is 1. The molecule has 0 spiro atoms. The van der Waals surface area contributed by atoms with Gasteiger partial charge in [-0.3, -0.25) is 4.98 Å². The number of anilines is 1. The molecule has 0 radical (unpaired) electrons. The first-order valence-corrected chi connectivity index (χ1v) is 11.8. The number of phenolic OH excluding ortho intramolecular Hbond substituents is 1. The first-order chi connectivity index (χ1) is 17.2. The van der Waals surface area contributed by atoms with E-state index >= 15 is 4.39 Å². The van der Waals surface area contributed by atoms with Crippen molar-refractivity contribution in [3.8, 4) is 23.0 Å². The number of fused-ring (bicyclic) bond motifs is 4. The fraction of sp³-hybridized carbons (Fsp3) is 0.346. The number of phenols is 1. The van der Waals surface area contributed by atoms with Gasteiger partial charge in [-0.1, -0.05) is 24.3 Å². The molecule has 6 rings (SSSR count). The Morgan fingerprint density at radius 2 is 1.78 bits per heavy atom. The molecule has 2 atom stereocenters. The summed E-state index contributed by atoms with van der Waals surface area (Å²) in [7, 11) is 0. The van der Waals surface area contributed by atoms with E-state index in [0.29, 0.717) is 52.5 Å². The van der Waals surface area contributed by atoms with Gasteiger partial charge in [-0.05, 0) is 54.0 Å². The molecule has 2 aromatic carbocycles. The number of hydrogen-bond acceptors (Lipinski definition) is 6. The van der Waals surface area contributed by atoms with Crippen molar-refractivity contribution in [2.24, 2.45) is 11.8 Å². The Balaban J connectivity index is 1.53. The molecule has 1 aliphatic heterocycles. The molecule has 1 aliphatic carbocycles. The first kappa shape index (κ1) is 22.8. The zero-order valence-electron chi connectivity index (χ0n) is 19.1. The summed E-state index contributed by atoms with van der Waals surface area (Å²) in [6.07, 6.45) is 0.140. The molecular formula is C26H22F4N4O2. The van der Waals surface area contributed by atoms with Crippen LogP contribution in [0.4, 0.5) is 23.4 Å². The molecule has 2 aliphatic rings. The van der Waals surface area contributed by atoms with Crippen LogP contribution in [-0.2, 0) is 0 Å². The van der Waals surface area contributed by atoms with Gasteiger partial charge in [0.05, 0.1) is 5.39 Å². The van der Waals surface area contributed by atoms with Crippen molar-refractivity contribution in [1.82, 2.24) is 15.0 Å². The molecule has 1 N–H and O–H groups in total. The monoisotopic (exact) mass is 498 g/mol. The Labute approximate surface area is 203 Å². The van der Waals surface area contributed by atoms with Crippen LogP contribution in [0.2, 0.25) is 0 Å². The number of nitrogens with zero attached hydrogens (tertiary/aromatic N) is 4. The van der Waals surface area contributed by atoms with Crippen LogP contribution in [0.1, 0.15) is 19.3 Å². The van der Waals surface area contributed by atoms with Crippen LogP contribution in [0.5, 0.6) is 11.8 Å². The molecule has 2 fully saturated rings. The van der Waals surface area contributed by atoms with Gasteiger partial charge in [-0.2, -0.15) is 23.1 Å². The average Bonchev–Trinajstić information content (AvgIpc) is 3.19. The van der Waals surface area contributed by atoms with Crippen molar-refractivity contribution in [3.63, 3.8) is 0 Å². The number of hydrogen-bond donors (Lipinski definition) is 1. The maximum atomic E-state index is 16.1. The lowest BCUT2D eigenvalue weighted by atomic mass is 9.98. The van der Waals surface area contributed by atoms with Crippen LogP contribution >= 0.6 is 0 Å². The molecule has 1 saturated heterocycles. The van der Waals surface area contributed by atoms with Crippen molar-refractivity contribution < 1.29 is 27.4 Å². The lowest BCUT2D eigenvalue weighted by Gasteiger charge is -2.33. The highest BCUT2D eigenvalue weighted by Gasteiger charge is 2.35. The van der Waals surface area contributed by atoms with Gasteiger partial charge in [0.1, 0.15) is 22.8 Å². The van der Waals surface area contributed by atoms with E-state index in [1.165, 1.54) is 12.3 Å². The van der Waals surface area contributed by atoms with Gasteiger partial charge < -0.3 is 14.7 Å². The highest BCUT2D eigenvalue weighted by atomic mass is 19.4. The minimum Gasteiger partial charge on any atom is -0.508 e. The fourth-order valence-electron chi connectivity index (χ4n) is 5.53. The molecule has 2 unspecified atom stereocenters. The average molecular weight is 498 g/mol. The predicted octanol–water partition coefficient (Wildman–Crippen LogP) is 5.87. The zero-order chi connectivity index (χ0) is 25.0. The summed E-state index contributed by atoms with van der Waals surface area (Å²) in [5.41, 5.74) is 0.103. The van der Waals surface area contributed by atoms with Gasteiger partial charge in [-0.15, -0.1) is 0 Å². The second kappa shape index (κ2) is 8.46. The van der Waals surface area contributed by atoms with E-state index in [-0.39, 0.29) is 17.0 Å². The lowest BCUT2D eigenvalue weighted by molar-refractivity contribution is -0.154. The van der Waals surface area contributed by atoms with E-state index in [9.17, 15) is 18.3 Å². The Hall–Kier alpha value is -3.69. The van der Waals surface area contributed by atoms with Gasteiger partial charge in [0.2, 0.25) is 0 Å². The van der Waals surface area contributed by atoms with Gasteiger partial charge in [0.25, 0.3) is 0 Å². The predicted molar refractivity (Wildman–Crippen MR) is 126 cm³/mol. The summed E-state index contributed by atoms with van der Waals surface area (Å²) >= 11 is 0. The van der Waals surface area contributed by atoms with Crippen LogP contribution in [0.15, 0.2) is 42.6 Å². The number of aromatic nitrogens is 3. The molecule has 3 heterocycles.